The van der Waals surface area contributed by atoms with Crippen molar-refractivity contribution in [1.29, 1.82) is 0 Å². The van der Waals surface area contributed by atoms with Crippen LogP contribution in [0.15, 0.2) is 41.3 Å². The Kier molecular flexibility index (Phi) is 4.32. The van der Waals surface area contributed by atoms with Gasteiger partial charge in [0, 0.05) is 20.2 Å². The van der Waals surface area contributed by atoms with Crippen molar-refractivity contribution in [3.05, 3.63) is 58.4 Å². The molecule has 4 rings (SSSR count). The monoisotopic (exact) mass is 382 g/mol. The molecule has 142 valence electrons. The van der Waals surface area contributed by atoms with Crippen molar-refractivity contribution in [3.8, 4) is 11.1 Å². The average Bonchev–Trinajstić information content (AvgIpc) is 3.03. The van der Waals surface area contributed by atoms with Crippen LogP contribution < -0.4 is 11.0 Å². The largest absolute Gasteiger partial charge is 0.378 e. The van der Waals surface area contributed by atoms with Crippen LogP contribution in [0.2, 0.25) is 0 Å². The quantitative estimate of drug-likeness (QED) is 0.573. The van der Waals surface area contributed by atoms with Crippen molar-refractivity contribution < 1.29 is 13.9 Å². The van der Waals surface area contributed by atoms with Gasteiger partial charge in [-0.05, 0) is 23.8 Å². The Labute approximate surface area is 157 Å². The minimum Gasteiger partial charge on any atom is -0.378 e. The molecule has 0 spiro atoms. The van der Waals surface area contributed by atoms with Gasteiger partial charge < -0.3 is 4.74 Å². The number of hydrogen-bond donors (Lipinski definition) is 1. The zero-order valence-corrected chi connectivity index (χ0v) is 15.0. The van der Waals surface area contributed by atoms with E-state index in [1.54, 1.807) is 18.2 Å². The number of fused-ring (bicyclic) bond motifs is 3. The Bertz CT molecular complexity index is 1260. The van der Waals surface area contributed by atoms with E-state index in [9.17, 15) is 14.0 Å². The predicted octanol–water partition coefficient (Wildman–Crippen LogP) is 1.48. The summed E-state index contributed by atoms with van der Waals surface area (Å²) < 4.78 is 21.1. The van der Waals surface area contributed by atoms with Crippen LogP contribution in [0.4, 0.5) is 4.39 Å². The molecule has 0 fully saturated rings. The summed E-state index contributed by atoms with van der Waals surface area (Å²) in [7, 11) is 1.54. The minimum absolute atomic E-state index is 0.0425. The number of amides is 1. The summed E-state index contributed by atoms with van der Waals surface area (Å²) in [4.78, 5) is 23.8. The summed E-state index contributed by atoms with van der Waals surface area (Å²) in [6.07, 6.45) is 1.42. The van der Waals surface area contributed by atoms with Crippen molar-refractivity contribution in [1.82, 2.24) is 24.5 Å². The molecule has 9 nitrogen and oxygen atoms in total. The zero-order valence-electron chi connectivity index (χ0n) is 15.0. The van der Waals surface area contributed by atoms with Crippen molar-refractivity contribution >= 4 is 22.6 Å². The first-order valence-corrected chi connectivity index (χ1v) is 8.31. The second-order valence-corrected chi connectivity index (χ2v) is 6.09. The molecule has 0 aliphatic rings. The fraction of sp³-hybridized carbons (Fsp3) is 0.167. The lowest BCUT2D eigenvalue weighted by Crippen LogP contribution is -2.32. The van der Waals surface area contributed by atoms with E-state index in [0.29, 0.717) is 28.0 Å². The molecular weight excluding hydrogens is 367 g/mol. The van der Waals surface area contributed by atoms with Crippen molar-refractivity contribution in [3.63, 3.8) is 0 Å². The van der Waals surface area contributed by atoms with E-state index in [2.05, 4.69) is 20.7 Å². The maximum atomic E-state index is 13.3. The third kappa shape index (κ3) is 2.89. The van der Waals surface area contributed by atoms with Crippen LogP contribution in [-0.4, -0.2) is 37.5 Å². The highest BCUT2D eigenvalue weighted by molar-refractivity contribution is 5.85. The minimum atomic E-state index is -0.533. The third-order valence-corrected chi connectivity index (χ3v) is 4.14. The van der Waals surface area contributed by atoms with E-state index < -0.39 is 11.5 Å². The van der Waals surface area contributed by atoms with E-state index in [4.69, 9.17) is 4.74 Å². The first-order chi connectivity index (χ1) is 13.5. The van der Waals surface area contributed by atoms with Crippen LogP contribution in [0, 0.1) is 5.82 Å². The number of aromatic nitrogens is 5. The van der Waals surface area contributed by atoms with Gasteiger partial charge in [0.25, 0.3) is 5.56 Å². The topological polar surface area (TPSA) is 103 Å². The van der Waals surface area contributed by atoms with Gasteiger partial charge in [0.2, 0.25) is 5.91 Å². The van der Waals surface area contributed by atoms with E-state index >= 15 is 0 Å². The van der Waals surface area contributed by atoms with Gasteiger partial charge in [-0.1, -0.05) is 12.1 Å². The number of nitrogens with zero attached hydrogens (tertiary/aromatic N) is 5. The van der Waals surface area contributed by atoms with Crippen LogP contribution in [-0.2, 0) is 16.1 Å². The number of rotatable bonds is 4. The lowest BCUT2D eigenvalue weighted by Gasteiger charge is -2.07. The molecule has 0 bridgehead atoms. The van der Waals surface area contributed by atoms with Crippen LogP contribution >= 0.6 is 0 Å². The lowest BCUT2D eigenvalue weighted by molar-refractivity contribution is -0.115. The number of benzene rings is 1. The number of hydrogen-bond acceptors (Lipinski definition) is 6. The van der Waals surface area contributed by atoms with Gasteiger partial charge in [-0.3, -0.25) is 15.0 Å². The zero-order chi connectivity index (χ0) is 19.8. The van der Waals surface area contributed by atoms with E-state index in [1.165, 1.54) is 36.9 Å². The molecule has 1 aromatic carbocycles. The Balaban J connectivity index is 2.00. The Hall–Kier alpha value is -3.66. The third-order valence-electron chi connectivity index (χ3n) is 4.14. The van der Waals surface area contributed by atoms with Crippen LogP contribution in [0.3, 0.4) is 0 Å². The van der Waals surface area contributed by atoms with Gasteiger partial charge in [-0.25, -0.2) is 13.6 Å². The summed E-state index contributed by atoms with van der Waals surface area (Å²) in [6, 6.07) is 7.52. The number of methoxy groups -OCH3 is 1. The summed E-state index contributed by atoms with van der Waals surface area (Å²) in [5.41, 5.74) is 4.64. The standard InChI is InChI=1S/C18H15FN6O3/c1-10(26)22-24-8-7-14-16(18(24)27)20-21-17-15(11-3-5-12(19)6-4-11)13(9-28-2)23-25(14)17/h3-8H,9H2,1-2H3,(H,22,26). The number of ether oxygens (including phenoxy) is 1. The number of nitrogens with one attached hydrogen (secondary N) is 1. The molecular formula is C18H15FN6O3. The summed E-state index contributed by atoms with van der Waals surface area (Å²) in [5.74, 6) is -0.751. The molecule has 4 aromatic rings. The molecule has 0 unspecified atom stereocenters. The van der Waals surface area contributed by atoms with Crippen LogP contribution in [0.1, 0.15) is 12.6 Å². The molecule has 0 aliphatic heterocycles. The number of carbonyl (C=O) groups excluding carboxylic acids is 1. The van der Waals surface area contributed by atoms with Crippen molar-refractivity contribution in [2.75, 3.05) is 12.5 Å². The SMILES string of the molecule is COCc1nn2c(nnc3c(=O)n(NC(C)=O)ccc32)c1-c1ccc(F)cc1. The van der Waals surface area contributed by atoms with Crippen LogP contribution in [0.5, 0.6) is 0 Å². The highest BCUT2D eigenvalue weighted by Crippen LogP contribution is 2.29. The maximum Gasteiger partial charge on any atom is 0.299 e. The number of pyridine rings is 1. The van der Waals surface area contributed by atoms with E-state index in [0.717, 1.165) is 4.68 Å². The maximum absolute atomic E-state index is 13.3. The average molecular weight is 382 g/mol. The predicted molar refractivity (Wildman–Crippen MR) is 98.7 cm³/mol. The molecule has 28 heavy (non-hydrogen) atoms. The van der Waals surface area contributed by atoms with E-state index in [1.807, 2.05) is 0 Å². The summed E-state index contributed by atoms with van der Waals surface area (Å²) in [5, 5.41) is 12.7. The molecule has 0 saturated heterocycles. The Morgan fingerprint density at radius 1 is 1.21 bits per heavy atom. The van der Waals surface area contributed by atoms with Gasteiger partial charge in [0.15, 0.2) is 11.2 Å². The lowest BCUT2D eigenvalue weighted by atomic mass is 10.1. The molecule has 1 N–H and O–H groups in total. The number of halogens is 1. The second-order valence-electron chi connectivity index (χ2n) is 6.09. The molecule has 0 saturated carbocycles. The molecule has 3 heterocycles. The fourth-order valence-electron chi connectivity index (χ4n) is 3.00. The Morgan fingerprint density at radius 2 is 1.96 bits per heavy atom. The summed E-state index contributed by atoms with van der Waals surface area (Å²) in [6.45, 7) is 1.49. The van der Waals surface area contributed by atoms with Gasteiger partial charge in [0.05, 0.1) is 17.9 Å². The molecule has 0 aliphatic carbocycles. The molecule has 0 atom stereocenters. The molecule has 3 aromatic heterocycles. The van der Waals surface area contributed by atoms with Crippen molar-refractivity contribution in [2.24, 2.45) is 0 Å². The fourth-order valence-corrected chi connectivity index (χ4v) is 3.00. The second kappa shape index (κ2) is 6.82. The highest BCUT2D eigenvalue weighted by atomic mass is 19.1. The smallest absolute Gasteiger partial charge is 0.299 e. The first-order valence-electron chi connectivity index (χ1n) is 8.31. The van der Waals surface area contributed by atoms with Gasteiger partial charge in [0.1, 0.15) is 11.3 Å². The molecule has 0 radical (unpaired) electrons. The molecule has 10 heteroatoms. The van der Waals surface area contributed by atoms with Gasteiger partial charge >= 0.3 is 0 Å². The number of carbonyl (C=O) groups is 1. The van der Waals surface area contributed by atoms with Crippen LogP contribution in [0.25, 0.3) is 27.8 Å². The first kappa shape index (κ1) is 17.7. The molecule has 1 amide bonds. The highest BCUT2D eigenvalue weighted by Gasteiger charge is 2.19. The van der Waals surface area contributed by atoms with E-state index in [-0.39, 0.29) is 17.9 Å². The van der Waals surface area contributed by atoms with Gasteiger partial charge in [-0.15, -0.1) is 10.2 Å². The Morgan fingerprint density at radius 3 is 2.64 bits per heavy atom. The normalized spacial score (nSPS) is 11.2. The van der Waals surface area contributed by atoms with Crippen molar-refractivity contribution in [2.45, 2.75) is 13.5 Å². The summed E-state index contributed by atoms with van der Waals surface area (Å²) >= 11 is 0. The van der Waals surface area contributed by atoms with Gasteiger partial charge in [-0.2, -0.15) is 5.10 Å².